The molecule has 0 aromatic heterocycles. The van der Waals surface area contributed by atoms with Crippen LogP contribution < -0.4 is 10.6 Å². The zero-order chi connectivity index (χ0) is 18.9. The average molecular weight is 437 g/mol. The minimum Gasteiger partial charge on any atom is -0.325 e. The summed E-state index contributed by atoms with van der Waals surface area (Å²) in [6, 6.07) is 13.1. The second kappa shape index (κ2) is 7.09. The first-order chi connectivity index (χ1) is 12.3. The monoisotopic (exact) mass is 435 g/mol. The third-order valence-corrected chi connectivity index (χ3v) is 5.06. The van der Waals surface area contributed by atoms with E-state index in [2.05, 4.69) is 26.6 Å². The number of benzene rings is 2. The molecule has 1 atom stereocenters. The number of carbonyl (C=O) groups is 3. The molecular weight excluding hydrogens is 422 g/mol. The lowest BCUT2D eigenvalue weighted by atomic mass is 9.92. The van der Waals surface area contributed by atoms with Crippen molar-refractivity contribution in [1.29, 1.82) is 0 Å². The molecule has 6 nitrogen and oxygen atoms in total. The Labute approximate surface area is 163 Å². The van der Waals surface area contributed by atoms with Crippen molar-refractivity contribution in [2.75, 3.05) is 11.9 Å². The fourth-order valence-electron chi connectivity index (χ4n) is 2.77. The zero-order valence-corrected chi connectivity index (χ0v) is 16.1. The summed E-state index contributed by atoms with van der Waals surface area (Å²) in [5.74, 6) is -0.965. The highest BCUT2D eigenvalue weighted by atomic mass is 79.9. The van der Waals surface area contributed by atoms with Gasteiger partial charge in [-0.3, -0.25) is 14.5 Å². The molecule has 0 spiro atoms. The van der Waals surface area contributed by atoms with Gasteiger partial charge in [0.2, 0.25) is 5.91 Å². The molecule has 26 heavy (non-hydrogen) atoms. The van der Waals surface area contributed by atoms with E-state index < -0.39 is 23.4 Å². The number of hydrogen-bond donors (Lipinski definition) is 2. The molecule has 4 amide bonds. The van der Waals surface area contributed by atoms with Gasteiger partial charge in [-0.05, 0) is 37.3 Å². The highest BCUT2D eigenvalue weighted by Gasteiger charge is 2.50. The molecule has 0 saturated carbocycles. The number of rotatable bonds is 4. The molecule has 1 aliphatic rings. The molecule has 134 valence electrons. The molecule has 0 radical (unpaired) electrons. The second-order valence-corrected chi connectivity index (χ2v) is 7.27. The van der Waals surface area contributed by atoms with E-state index in [-0.39, 0.29) is 6.54 Å². The van der Waals surface area contributed by atoms with Crippen molar-refractivity contribution in [3.63, 3.8) is 0 Å². The summed E-state index contributed by atoms with van der Waals surface area (Å²) in [4.78, 5) is 38.3. The summed E-state index contributed by atoms with van der Waals surface area (Å²) < 4.78 is 0.698. The van der Waals surface area contributed by atoms with Crippen LogP contribution in [0.15, 0.2) is 53.0 Å². The summed E-state index contributed by atoms with van der Waals surface area (Å²) in [7, 11) is 0. The Morgan fingerprint density at radius 1 is 1.19 bits per heavy atom. The zero-order valence-electron chi connectivity index (χ0n) is 13.8. The molecule has 1 saturated heterocycles. The van der Waals surface area contributed by atoms with Crippen molar-refractivity contribution in [2.45, 2.75) is 12.5 Å². The lowest BCUT2D eigenvalue weighted by Crippen LogP contribution is -2.42. The maximum Gasteiger partial charge on any atom is 0.325 e. The van der Waals surface area contributed by atoms with E-state index in [0.717, 1.165) is 4.90 Å². The van der Waals surface area contributed by atoms with Crippen LogP contribution in [0.1, 0.15) is 12.5 Å². The third-order valence-electron chi connectivity index (χ3n) is 4.12. The van der Waals surface area contributed by atoms with Crippen LogP contribution in [0.25, 0.3) is 0 Å². The van der Waals surface area contributed by atoms with Crippen LogP contribution in [0.4, 0.5) is 10.5 Å². The molecule has 1 fully saturated rings. The Morgan fingerprint density at radius 2 is 1.85 bits per heavy atom. The van der Waals surface area contributed by atoms with Gasteiger partial charge in [0.15, 0.2) is 0 Å². The largest absolute Gasteiger partial charge is 0.325 e. The van der Waals surface area contributed by atoms with Gasteiger partial charge < -0.3 is 10.6 Å². The minimum absolute atomic E-state index is 0.382. The van der Waals surface area contributed by atoms with E-state index in [1.807, 2.05) is 6.07 Å². The highest BCUT2D eigenvalue weighted by molar-refractivity contribution is 9.10. The van der Waals surface area contributed by atoms with Gasteiger partial charge in [0.25, 0.3) is 5.91 Å². The van der Waals surface area contributed by atoms with Crippen LogP contribution >= 0.6 is 27.5 Å². The molecule has 1 aliphatic heterocycles. The van der Waals surface area contributed by atoms with Gasteiger partial charge in [0.1, 0.15) is 12.1 Å². The standard InChI is InChI=1S/C18H15BrClN3O3/c1-18(13-4-2-3-5-14(13)19)16(25)23(17(26)22-18)10-15(24)21-12-8-6-11(20)7-9-12/h2-9H,10H2,1H3,(H,21,24)(H,22,26)/t18-/m0/s1. The predicted octanol–water partition coefficient (Wildman–Crippen LogP) is 3.51. The summed E-state index contributed by atoms with van der Waals surface area (Å²) in [5.41, 5.74) is -0.0865. The number of nitrogens with zero attached hydrogens (tertiary/aromatic N) is 1. The number of urea groups is 1. The third kappa shape index (κ3) is 3.45. The topological polar surface area (TPSA) is 78.5 Å². The van der Waals surface area contributed by atoms with E-state index in [4.69, 9.17) is 11.6 Å². The van der Waals surface area contributed by atoms with Crippen molar-refractivity contribution in [1.82, 2.24) is 10.2 Å². The molecule has 3 rings (SSSR count). The normalized spacial score (nSPS) is 19.4. The molecule has 0 unspecified atom stereocenters. The van der Waals surface area contributed by atoms with Gasteiger partial charge in [-0.2, -0.15) is 0 Å². The number of hydrogen-bond acceptors (Lipinski definition) is 3. The second-order valence-electron chi connectivity index (χ2n) is 5.98. The smallest absolute Gasteiger partial charge is 0.325 e. The van der Waals surface area contributed by atoms with Crippen LogP contribution in [-0.4, -0.2) is 29.3 Å². The number of nitrogens with one attached hydrogen (secondary N) is 2. The first kappa shape index (κ1) is 18.4. The van der Waals surface area contributed by atoms with Gasteiger partial charge >= 0.3 is 6.03 Å². The molecule has 0 bridgehead atoms. The summed E-state index contributed by atoms with van der Waals surface area (Å²) >= 11 is 9.20. The molecule has 2 N–H and O–H groups in total. The van der Waals surface area contributed by atoms with Crippen molar-refractivity contribution in [3.8, 4) is 0 Å². The van der Waals surface area contributed by atoms with Gasteiger partial charge in [0.05, 0.1) is 0 Å². The quantitative estimate of drug-likeness (QED) is 0.720. The molecule has 2 aromatic rings. The number of anilines is 1. The summed E-state index contributed by atoms with van der Waals surface area (Å²) in [5, 5.41) is 5.85. The van der Waals surface area contributed by atoms with Gasteiger partial charge in [-0.25, -0.2) is 4.79 Å². The van der Waals surface area contributed by atoms with Crippen molar-refractivity contribution in [2.24, 2.45) is 0 Å². The van der Waals surface area contributed by atoms with Gasteiger partial charge in [-0.15, -0.1) is 0 Å². The van der Waals surface area contributed by atoms with E-state index in [9.17, 15) is 14.4 Å². The SMILES string of the molecule is C[C@@]1(c2ccccc2Br)NC(=O)N(CC(=O)Nc2ccc(Cl)cc2)C1=O. The summed E-state index contributed by atoms with van der Waals surface area (Å²) in [6.07, 6.45) is 0. The van der Waals surface area contributed by atoms with Crippen molar-refractivity contribution >= 4 is 51.1 Å². The first-order valence-corrected chi connectivity index (χ1v) is 8.93. The maximum atomic E-state index is 12.8. The van der Waals surface area contributed by atoms with Crippen LogP contribution in [0.2, 0.25) is 5.02 Å². The van der Waals surface area contributed by atoms with Gasteiger partial charge in [0, 0.05) is 20.7 Å². The van der Waals surface area contributed by atoms with Crippen molar-refractivity contribution in [3.05, 3.63) is 63.6 Å². The van der Waals surface area contributed by atoms with Crippen molar-refractivity contribution < 1.29 is 14.4 Å². The highest BCUT2D eigenvalue weighted by Crippen LogP contribution is 2.33. The summed E-state index contributed by atoms with van der Waals surface area (Å²) in [6.45, 7) is 1.23. The first-order valence-electron chi connectivity index (χ1n) is 7.76. The Balaban J connectivity index is 1.76. The minimum atomic E-state index is -1.24. The fraction of sp³-hybridized carbons (Fsp3) is 0.167. The Bertz CT molecular complexity index is 888. The predicted molar refractivity (Wildman–Crippen MR) is 102 cm³/mol. The Hall–Kier alpha value is -2.38. The van der Waals surface area contributed by atoms with E-state index >= 15 is 0 Å². The number of carbonyl (C=O) groups excluding carboxylic acids is 3. The van der Waals surface area contributed by atoms with Crippen LogP contribution in [-0.2, 0) is 15.1 Å². The lowest BCUT2D eigenvalue weighted by molar-refractivity contribution is -0.133. The molecule has 2 aromatic carbocycles. The van der Waals surface area contributed by atoms with Crippen LogP contribution in [0.5, 0.6) is 0 Å². The number of amides is 4. The Morgan fingerprint density at radius 3 is 2.50 bits per heavy atom. The van der Waals surface area contributed by atoms with Crippen LogP contribution in [0.3, 0.4) is 0 Å². The average Bonchev–Trinajstić information content (AvgIpc) is 2.81. The number of halogens is 2. The van der Waals surface area contributed by atoms with Crippen LogP contribution in [0, 0.1) is 0 Å². The number of imide groups is 1. The van der Waals surface area contributed by atoms with Gasteiger partial charge in [-0.1, -0.05) is 45.7 Å². The molecule has 8 heteroatoms. The van der Waals surface area contributed by atoms with E-state index in [1.54, 1.807) is 49.4 Å². The maximum absolute atomic E-state index is 12.8. The van der Waals surface area contributed by atoms with E-state index in [0.29, 0.717) is 20.7 Å². The Kier molecular flexibility index (Phi) is 5.02. The lowest BCUT2D eigenvalue weighted by Gasteiger charge is -2.23. The fourth-order valence-corrected chi connectivity index (χ4v) is 3.57. The molecule has 1 heterocycles. The molecular formula is C18H15BrClN3O3. The molecule has 0 aliphatic carbocycles. The van der Waals surface area contributed by atoms with E-state index in [1.165, 1.54) is 0 Å².